The maximum absolute atomic E-state index is 14.6. The van der Waals surface area contributed by atoms with E-state index in [1.807, 2.05) is 32.9 Å². The number of carbonyl (C=O) groups excluding carboxylic acids is 1. The molecule has 1 aromatic rings. The SMILES string of the molecule is CCOC(=O)/C(F)=C(/CC)c1cc2c(cc1OC)OC(C)(C)C=C2C. The van der Waals surface area contributed by atoms with Crippen LogP contribution in [-0.2, 0) is 9.53 Å². The van der Waals surface area contributed by atoms with Crippen LogP contribution >= 0.6 is 0 Å². The Labute approximate surface area is 148 Å². The number of allylic oxidation sites excluding steroid dienone is 2. The van der Waals surface area contributed by atoms with E-state index in [4.69, 9.17) is 14.2 Å². The number of benzene rings is 1. The number of esters is 1. The Morgan fingerprint density at radius 1 is 1.28 bits per heavy atom. The van der Waals surface area contributed by atoms with E-state index in [1.54, 1.807) is 19.9 Å². The highest BCUT2D eigenvalue weighted by Crippen LogP contribution is 2.43. The van der Waals surface area contributed by atoms with Crippen molar-refractivity contribution in [2.45, 2.75) is 46.6 Å². The van der Waals surface area contributed by atoms with Gasteiger partial charge in [-0.25, -0.2) is 4.79 Å². The standard InChI is InChI=1S/C20H25FO4/c1-7-13(18(21)19(22)24-8-2)15-9-14-12(3)11-20(4,5)25-17(14)10-16(15)23-6/h9-11H,7-8H2,1-6H3/b18-13+. The molecule has 0 radical (unpaired) electrons. The Kier molecular flexibility index (Phi) is 5.55. The summed E-state index contributed by atoms with van der Waals surface area (Å²) in [7, 11) is 1.51. The summed E-state index contributed by atoms with van der Waals surface area (Å²) in [4.78, 5) is 11.8. The monoisotopic (exact) mass is 348 g/mol. The summed E-state index contributed by atoms with van der Waals surface area (Å²) in [6, 6.07) is 3.56. The van der Waals surface area contributed by atoms with Gasteiger partial charge in [0.25, 0.3) is 0 Å². The lowest BCUT2D eigenvalue weighted by Crippen LogP contribution is -2.28. The summed E-state index contributed by atoms with van der Waals surface area (Å²) in [5.74, 6) is -0.705. The third-order valence-electron chi connectivity index (χ3n) is 4.06. The van der Waals surface area contributed by atoms with Crippen molar-refractivity contribution in [2.24, 2.45) is 0 Å². The molecule has 136 valence electrons. The van der Waals surface area contributed by atoms with E-state index in [9.17, 15) is 9.18 Å². The lowest BCUT2D eigenvalue weighted by atomic mass is 9.91. The van der Waals surface area contributed by atoms with Gasteiger partial charge >= 0.3 is 5.97 Å². The van der Waals surface area contributed by atoms with Crippen molar-refractivity contribution < 1.29 is 23.4 Å². The van der Waals surface area contributed by atoms with Crippen molar-refractivity contribution in [1.82, 2.24) is 0 Å². The minimum Gasteiger partial charge on any atom is -0.496 e. The minimum absolute atomic E-state index is 0.120. The van der Waals surface area contributed by atoms with Gasteiger partial charge in [-0.15, -0.1) is 0 Å². The molecule has 0 amide bonds. The van der Waals surface area contributed by atoms with Crippen LogP contribution in [0.5, 0.6) is 11.5 Å². The molecule has 0 saturated carbocycles. The van der Waals surface area contributed by atoms with E-state index in [0.29, 0.717) is 23.5 Å². The molecule has 0 N–H and O–H groups in total. The molecule has 0 bridgehead atoms. The molecule has 0 fully saturated rings. The fraction of sp³-hybridized carbons (Fsp3) is 0.450. The fourth-order valence-corrected chi connectivity index (χ4v) is 3.05. The van der Waals surface area contributed by atoms with Gasteiger partial charge in [0, 0.05) is 22.8 Å². The number of halogens is 1. The van der Waals surface area contributed by atoms with Gasteiger partial charge in [-0.2, -0.15) is 4.39 Å². The second kappa shape index (κ2) is 7.30. The zero-order chi connectivity index (χ0) is 18.8. The molecule has 4 nitrogen and oxygen atoms in total. The Morgan fingerprint density at radius 2 is 1.96 bits per heavy atom. The van der Waals surface area contributed by atoms with Crippen molar-refractivity contribution in [1.29, 1.82) is 0 Å². The zero-order valence-electron chi connectivity index (χ0n) is 15.7. The summed E-state index contributed by atoms with van der Waals surface area (Å²) in [6.45, 7) is 9.47. The molecule has 25 heavy (non-hydrogen) atoms. The van der Waals surface area contributed by atoms with E-state index in [2.05, 4.69) is 0 Å². The summed E-state index contributed by atoms with van der Waals surface area (Å²) >= 11 is 0. The van der Waals surface area contributed by atoms with Crippen molar-refractivity contribution in [3.63, 3.8) is 0 Å². The molecule has 1 heterocycles. The van der Waals surface area contributed by atoms with Gasteiger partial charge in [-0.1, -0.05) is 6.92 Å². The first kappa shape index (κ1) is 19.0. The molecule has 0 spiro atoms. The highest BCUT2D eigenvalue weighted by molar-refractivity contribution is 5.96. The van der Waals surface area contributed by atoms with E-state index in [-0.39, 0.29) is 12.2 Å². The molecule has 5 heteroatoms. The minimum atomic E-state index is -0.955. The number of hydrogen-bond acceptors (Lipinski definition) is 4. The van der Waals surface area contributed by atoms with Crippen molar-refractivity contribution in [3.05, 3.63) is 35.2 Å². The predicted molar refractivity (Wildman–Crippen MR) is 96.3 cm³/mol. The van der Waals surface area contributed by atoms with E-state index < -0.39 is 17.4 Å². The van der Waals surface area contributed by atoms with Crippen LogP contribution in [0.15, 0.2) is 24.0 Å². The number of rotatable bonds is 5. The zero-order valence-corrected chi connectivity index (χ0v) is 15.7. The van der Waals surface area contributed by atoms with E-state index in [1.165, 1.54) is 7.11 Å². The van der Waals surface area contributed by atoms with Crippen LogP contribution in [0, 0.1) is 0 Å². The first-order valence-corrected chi connectivity index (χ1v) is 8.41. The first-order chi connectivity index (χ1) is 11.7. The normalized spacial score (nSPS) is 16.2. The predicted octanol–water partition coefficient (Wildman–Crippen LogP) is 4.92. The van der Waals surface area contributed by atoms with Crippen LogP contribution in [0.2, 0.25) is 0 Å². The highest BCUT2D eigenvalue weighted by Gasteiger charge is 2.28. The third-order valence-corrected chi connectivity index (χ3v) is 4.06. The average Bonchev–Trinajstić information content (AvgIpc) is 2.54. The molecular formula is C20H25FO4. The molecule has 0 aromatic heterocycles. The second-order valence-electron chi connectivity index (χ2n) is 6.45. The molecule has 0 atom stereocenters. The molecular weight excluding hydrogens is 323 g/mol. The Bertz CT molecular complexity index is 744. The maximum Gasteiger partial charge on any atom is 0.367 e. The largest absolute Gasteiger partial charge is 0.496 e. The molecule has 0 aliphatic carbocycles. The lowest BCUT2D eigenvalue weighted by molar-refractivity contribution is -0.140. The van der Waals surface area contributed by atoms with Gasteiger partial charge in [-0.3, -0.25) is 0 Å². The number of methoxy groups -OCH3 is 1. The quantitative estimate of drug-likeness (QED) is 0.559. The second-order valence-corrected chi connectivity index (χ2v) is 6.45. The van der Waals surface area contributed by atoms with Crippen LogP contribution in [0.3, 0.4) is 0 Å². The Hall–Kier alpha value is -2.30. The highest BCUT2D eigenvalue weighted by atomic mass is 19.1. The molecule has 1 aromatic carbocycles. The maximum atomic E-state index is 14.6. The van der Waals surface area contributed by atoms with Crippen molar-refractivity contribution in [2.75, 3.05) is 13.7 Å². The van der Waals surface area contributed by atoms with E-state index in [0.717, 1.165) is 11.1 Å². The van der Waals surface area contributed by atoms with E-state index >= 15 is 0 Å². The van der Waals surface area contributed by atoms with Gasteiger partial charge in [0.15, 0.2) is 0 Å². The van der Waals surface area contributed by atoms with Gasteiger partial charge < -0.3 is 14.2 Å². The van der Waals surface area contributed by atoms with Crippen LogP contribution in [0.25, 0.3) is 11.1 Å². The topological polar surface area (TPSA) is 44.8 Å². The van der Waals surface area contributed by atoms with Gasteiger partial charge in [0.1, 0.15) is 17.1 Å². The molecule has 1 aliphatic rings. The van der Waals surface area contributed by atoms with Crippen LogP contribution in [0.4, 0.5) is 4.39 Å². The smallest absolute Gasteiger partial charge is 0.367 e. The molecule has 0 unspecified atom stereocenters. The van der Waals surface area contributed by atoms with Crippen molar-refractivity contribution >= 4 is 17.1 Å². The van der Waals surface area contributed by atoms with Gasteiger partial charge in [0.05, 0.1) is 13.7 Å². The van der Waals surface area contributed by atoms with Gasteiger partial charge in [-0.05, 0) is 51.8 Å². The summed E-state index contributed by atoms with van der Waals surface area (Å²) < 4.78 is 30.8. The molecule has 0 saturated heterocycles. The molecule has 2 rings (SSSR count). The first-order valence-electron chi connectivity index (χ1n) is 8.41. The number of fused-ring (bicyclic) bond motifs is 1. The fourth-order valence-electron chi connectivity index (χ4n) is 3.05. The van der Waals surface area contributed by atoms with Crippen molar-refractivity contribution in [3.8, 4) is 11.5 Å². The average molecular weight is 348 g/mol. The molecule has 1 aliphatic heterocycles. The van der Waals surface area contributed by atoms with Crippen LogP contribution in [-0.4, -0.2) is 25.3 Å². The van der Waals surface area contributed by atoms with Crippen LogP contribution < -0.4 is 9.47 Å². The summed E-state index contributed by atoms with van der Waals surface area (Å²) in [6.07, 6.45) is 2.34. The summed E-state index contributed by atoms with van der Waals surface area (Å²) in [5, 5.41) is 0. The Morgan fingerprint density at radius 3 is 2.52 bits per heavy atom. The van der Waals surface area contributed by atoms with Crippen LogP contribution in [0.1, 0.15) is 52.2 Å². The lowest BCUT2D eigenvalue weighted by Gasteiger charge is -2.31. The Balaban J connectivity index is 2.64. The number of carbonyl (C=O) groups is 1. The number of ether oxygens (including phenoxy) is 3. The summed E-state index contributed by atoms with van der Waals surface area (Å²) in [5.41, 5.74) is 2.25. The number of hydrogen-bond donors (Lipinski definition) is 0. The van der Waals surface area contributed by atoms with Gasteiger partial charge in [0.2, 0.25) is 5.83 Å². The third kappa shape index (κ3) is 3.86.